The van der Waals surface area contributed by atoms with Gasteiger partial charge in [0.2, 0.25) is 11.9 Å². The zero-order valence-corrected chi connectivity index (χ0v) is 21.5. The number of carbonyl (C=O) groups excluding carboxylic acids is 1. The first-order valence-electron chi connectivity index (χ1n) is 12.4. The predicted molar refractivity (Wildman–Crippen MR) is 142 cm³/mol. The van der Waals surface area contributed by atoms with E-state index in [0.717, 1.165) is 29.5 Å². The van der Waals surface area contributed by atoms with E-state index in [0.29, 0.717) is 31.2 Å². The fourth-order valence-electron chi connectivity index (χ4n) is 4.40. The summed E-state index contributed by atoms with van der Waals surface area (Å²) in [6, 6.07) is 11.3. The van der Waals surface area contributed by atoms with E-state index >= 15 is 0 Å². The molecule has 1 fully saturated rings. The number of amides is 1. The molecule has 36 heavy (non-hydrogen) atoms. The van der Waals surface area contributed by atoms with Gasteiger partial charge >= 0.3 is 0 Å². The maximum Gasteiger partial charge on any atom is 0.252 e. The summed E-state index contributed by atoms with van der Waals surface area (Å²) in [4.78, 5) is 35.3. The van der Waals surface area contributed by atoms with Gasteiger partial charge in [0, 0.05) is 50.1 Å². The van der Waals surface area contributed by atoms with Gasteiger partial charge in [-0.2, -0.15) is 4.98 Å². The van der Waals surface area contributed by atoms with Crippen LogP contribution in [0.2, 0.25) is 0 Å². The summed E-state index contributed by atoms with van der Waals surface area (Å²) in [5.74, 6) is 1.27. The van der Waals surface area contributed by atoms with Gasteiger partial charge < -0.3 is 15.0 Å². The number of ether oxygens (including phenoxy) is 1. The monoisotopic (exact) mass is 489 g/mol. The zero-order valence-electron chi connectivity index (χ0n) is 21.5. The average molecular weight is 490 g/mol. The van der Waals surface area contributed by atoms with Crippen molar-refractivity contribution in [2.24, 2.45) is 5.41 Å². The van der Waals surface area contributed by atoms with E-state index in [4.69, 9.17) is 4.74 Å². The minimum atomic E-state index is -0.0660. The van der Waals surface area contributed by atoms with Gasteiger partial charge in [0.25, 0.3) is 5.56 Å². The van der Waals surface area contributed by atoms with Gasteiger partial charge in [-0.05, 0) is 42.2 Å². The molecular weight excluding hydrogens is 454 g/mol. The third kappa shape index (κ3) is 6.11. The Morgan fingerprint density at radius 3 is 2.53 bits per heavy atom. The van der Waals surface area contributed by atoms with Crippen molar-refractivity contribution in [3.63, 3.8) is 0 Å². The number of nitrogens with zero attached hydrogens (tertiary/aromatic N) is 4. The summed E-state index contributed by atoms with van der Waals surface area (Å²) in [6.45, 7) is 13.8. The van der Waals surface area contributed by atoms with Crippen LogP contribution in [-0.2, 0) is 11.3 Å². The van der Waals surface area contributed by atoms with Crippen LogP contribution in [0.3, 0.4) is 0 Å². The van der Waals surface area contributed by atoms with Crippen molar-refractivity contribution < 1.29 is 9.53 Å². The van der Waals surface area contributed by atoms with Crippen LogP contribution >= 0.6 is 0 Å². The van der Waals surface area contributed by atoms with Crippen molar-refractivity contribution in [3.05, 3.63) is 71.2 Å². The molecule has 1 saturated heterocycles. The summed E-state index contributed by atoms with van der Waals surface area (Å²) in [5.41, 5.74) is 1.57. The number of nitrogens with one attached hydrogen (secondary N) is 1. The molecule has 190 valence electrons. The van der Waals surface area contributed by atoms with Gasteiger partial charge in [-0.1, -0.05) is 39.5 Å². The lowest BCUT2D eigenvalue weighted by Gasteiger charge is -2.31. The summed E-state index contributed by atoms with van der Waals surface area (Å²) < 4.78 is 7.86. The molecule has 3 heterocycles. The second-order valence-electron chi connectivity index (χ2n) is 10.6. The van der Waals surface area contributed by atoms with Gasteiger partial charge in [-0.15, -0.1) is 0 Å². The fourth-order valence-corrected chi connectivity index (χ4v) is 4.40. The van der Waals surface area contributed by atoms with Crippen molar-refractivity contribution in [2.45, 2.75) is 59.2 Å². The molecule has 0 spiro atoms. The number of rotatable bonds is 7. The number of anilines is 1. The normalized spacial score (nSPS) is 15.5. The molecule has 2 aromatic heterocycles. The molecule has 0 radical (unpaired) electrons. The Morgan fingerprint density at radius 2 is 1.89 bits per heavy atom. The van der Waals surface area contributed by atoms with Gasteiger partial charge in [0.1, 0.15) is 17.5 Å². The second kappa shape index (κ2) is 10.5. The van der Waals surface area contributed by atoms with E-state index in [9.17, 15) is 9.59 Å². The average Bonchev–Trinajstić information content (AvgIpc) is 2.85. The minimum absolute atomic E-state index is 0.0211. The standard InChI is InChI=1S/C28H35N5O3/c1-6-24(34)32-15-13-23(14-16-32)36-22-10-7-20(8-11-22)19(2)30-27-29-17-21-9-12-25(35)33(26(21)31-27)18-28(3,4)5/h6-12,17,19,23H,1,13-16,18H2,2-5H3,(H,29,30,31)/t19-/m0/s1. The van der Waals surface area contributed by atoms with Gasteiger partial charge in [0.05, 0.1) is 6.04 Å². The number of hydrogen-bond donors (Lipinski definition) is 1. The molecule has 8 heteroatoms. The number of fused-ring (bicyclic) bond motifs is 1. The Balaban J connectivity index is 1.42. The number of piperidine rings is 1. The predicted octanol–water partition coefficient (Wildman–Crippen LogP) is 4.57. The third-order valence-electron chi connectivity index (χ3n) is 6.31. The summed E-state index contributed by atoms with van der Waals surface area (Å²) in [6.07, 6.45) is 4.82. The van der Waals surface area contributed by atoms with Crippen LogP contribution in [0.25, 0.3) is 11.0 Å². The number of benzene rings is 1. The molecule has 1 N–H and O–H groups in total. The number of likely N-dealkylation sites (tertiary alicyclic amines) is 1. The van der Waals surface area contributed by atoms with Crippen LogP contribution in [0.4, 0.5) is 5.95 Å². The minimum Gasteiger partial charge on any atom is -0.490 e. The molecule has 0 unspecified atom stereocenters. The first-order valence-corrected chi connectivity index (χ1v) is 12.4. The van der Waals surface area contributed by atoms with Crippen molar-refractivity contribution in [2.75, 3.05) is 18.4 Å². The lowest BCUT2D eigenvalue weighted by molar-refractivity contribution is -0.127. The molecule has 3 aromatic rings. The third-order valence-corrected chi connectivity index (χ3v) is 6.31. The highest BCUT2D eigenvalue weighted by Gasteiger charge is 2.22. The molecular formula is C28H35N5O3. The Kier molecular flexibility index (Phi) is 7.43. The topological polar surface area (TPSA) is 89.4 Å². The van der Waals surface area contributed by atoms with Crippen LogP contribution in [0.5, 0.6) is 5.75 Å². The molecule has 1 aliphatic heterocycles. The van der Waals surface area contributed by atoms with Crippen LogP contribution < -0.4 is 15.6 Å². The Hall–Kier alpha value is -3.68. The summed E-state index contributed by atoms with van der Waals surface area (Å²) in [7, 11) is 0. The molecule has 1 amide bonds. The first kappa shape index (κ1) is 25.4. The maximum absolute atomic E-state index is 12.5. The van der Waals surface area contributed by atoms with Crippen LogP contribution in [0.15, 0.2) is 60.0 Å². The number of hydrogen-bond acceptors (Lipinski definition) is 6. The smallest absolute Gasteiger partial charge is 0.252 e. The van der Waals surface area contributed by atoms with E-state index in [1.54, 1.807) is 27.8 Å². The van der Waals surface area contributed by atoms with Crippen molar-refractivity contribution in [1.29, 1.82) is 0 Å². The number of pyridine rings is 1. The molecule has 1 aliphatic rings. The van der Waals surface area contributed by atoms with Crippen LogP contribution in [-0.4, -0.2) is 44.5 Å². The quantitative estimate of drug-likeness (QED) is 0.489. The van der Waals surface area contributed by atoms with E-state index in [-0.39, 0.29) is 29.0 Å². The SMILES string of the molecule is C=CC(=O)N1CCC(Oc2ccc([C@H](C)Nc3ncc4ccc(=O)n(CC(C)(C)C)c4n3)cc2)CC1. The van der Waals surface area contributed by atoms with Crippen molar-refractivity contribution in [3.8, 4) is 5.75 Å². The molecule has 0 aliphatic carbocycles. The van der Waals surface area contributed by atoms with Gasteiger partial charge in [-0.25, -0.2) is 4.98 Å². The van der Waals surface area contributed by atoms with Crippen LogP contribution in [0.1, 0.15) is 52.1 Å². The van der Waals surface area contributed by atoms with Crippen molar-refractivity contribution >= 4 is 22.9 Å². The largest absolute Gasteiger partial charge is 0.490 e. The van der Waals surface area contributed by atoms with E-state index in [1.807, 2.05) is 31.2 Å². The fraction of sp³-hybridized carbons (Fsp3) is 0.429. The summed E-state index contributed by atoms with van der Waals surface area (Å²) >= 11 is 0. The maximum atomic E-state index is 12.5. The highest BCUT2D eigenvalue weighted by molar-refractivity contribution is 5.87. The van der Waals surface area contributed by atoms with Gasteiger partial charge in [0.15, 0.2) is 0 Å². The lowest BCUT2D eigenvalue weighted by atomic mass is 9.97. The highest BCUT2D eigenvalue weighted by atomic mass is 16.5. The lowest BCUT2D eigenvalue weighted by Crippen LogP contribution is -2.41. The first-order chi connectivity index (χ1) is 17.1. The number of aromatic nitrogens is 3. The van der Waals surface area contributed by atoms with E-state index in [1.165, 1.54) is 6.08 Å². The van der Waals surface area contributed by atoms with Crippen LogP contribution in [0, 0.1) is 5.41 Å². The Morgan fingerprint density at radius 1 is 1.19 bits per heavy atom. The summed E-state index contributed by atoms with van der Waals surface area (Å²) in [5, 5.41) is 4.19. The van der Waals surface area contributed by atoms with E-state index < -0.39 is 0 Å². The Bertz CT molecular complexity index is 1290. The number of carbonyl (C=O) groups is 1. The molecule has 1 aromatic carbocycles. The highest BCUT2D eigenvalue weighted by Crippen LogP contribution is 2.24. The van der Waals surface area contributed by atoms with Gasteiger partial charge in [-0.3, -0.25) is 14.2 Å². The Labute approximate surface area is 212 Å². The molecule has 0 bridgehead atoms. The van der Waals surface area contributed by atoms with Crippen molar-refractivity contribution in [1.82, 2.24) is 19.4 Å². The molecule has 1 atom stereocenters. The molecule has 8 nitrogen and oxygen atoms in total. The zero-order chi connectivity index (χ0) is 25.9. The molecule has 4 rings (SSSR count). The second-order valence-corrected chi connectivity index (χ2v) is 10.6. The van der Waals surface area contributed by atoms with E-state index in [2.05, 4.69) is 42.6 Å². The molecule has 0 saturated carbocycles.